The van der Waals surface area contributed by atoms with Crippen LogP contribution in [0.15, 0.2) is 17.5 Å². The van der Waals surface area contributed by atoms with Crippen LogP contribution in [0.25, 0.3) is 0 Å². The molecule has 1 aliphatic rings. The largest absolute Gasteiger partial charge is 0.347 e. The number of nitrogens with one attached hydrogen (secondary N) is 1. The van der Waals surface area contributed by atoms with Crippen molar-refractivity contribution < 1.29 is 4.79 Å². The minimum Gasteiger partial charge on any atom is -0.347 e. The molecule has 0 saturated heterocycles. The molecule has 1 heterocycles. The first-order chi connectivity index (χ1) is 7.51. The number of hydrogen-bond acceptors (Lipinski definition) is 3. The second kappa shape index (κ2) is 4.18. The average molecular weight is 238 g/mol. The Morgan fingerprint density at radius 3 is 2.88 bits per heavy atom. The second-order valence-corrected chi connectivity index (χ2v) is 5.75. The highest BCUT2D eigenvalue weighted by atomic mass is 32.1. The molecule has 88 valence electrons. The van der Waals surface area contributed by atoms with Gasteiger partial charge in [-0.3, -0.25) is 4.79 Å². The van der Waals surface area contributed by atoms with Crippen molar-refractivity contribution in [1.29, 1.82) is 0 Å². The van der Waals surface area contributed by atoms with Gasteiger partial charge in [-0.15, -0.1) is 11.3 Å². The third-order valence-electron chi connectivity index (χ3n) is 3.23. The van der Waals surface area contributed by atoms with E-state index in [1.807, 2.05) is 31.4 Å². The zero-order valence-electron chi connectivity index (χ0n) is 9.69. The van der Waals surface area contributed by atoms with Gasteiger partial charge >= 0.3 is 0 Å². The molecule has 2 rings (SSSR count). The molecule has 1 saturated carbocycles. The molecule has 0 radical (unpaired) electrons. The van der Waals surface area contributed by atoms with Gasteiger partial charge < -0.3 is 11.1 Å². The molecule has 16 heavy (non-hydrogen) atoms. The molecule has 0 bridgehead atoms. The summed E-state index contributed by atoms with van der Waals surface area (Å²) < 4.78 is 0. The van der Waals surface area contributed by atoms with E-state index in [0.29, 0.717) is 5.92 Å². The lowest BCUT2D eigenvalue weighted by Crippen LogP contribution is -2.53. The summed E-state index contributed by atoms with van der Waals surface area (Å²) in [5.74, 6) is 0.332. The van der Waals surface area contributed by atoms with Gasteiger partial charge in [-0.1, -0.05) is 6.07 Å². The number of rotatable bonds is 4. The summed E-state index contributed by atoms with van der Waals surface area (Å²) >= 11 is 1.65. The normalized spacial score (nSPS) is 21.2. The Morgan fingerprint density at radius 1 is 1.69 bits per heavy atom. The van der Waals surface area contributed by atoms with Crippen LogP contribution in [0.5, 0.6) is 0 Å². The van der Waals surface area contributed by atoms with E-state index in [9.17, 15) is 4.79 Å². The molecule has 4 heteroatoms. The minimum atomic E-state index is -0.703. The highest BCUT2D eigenvalue weighted by Crippen LogP contribution is 2.38. The minimum absolute atomic E-state index is 0.0316. The zero-order valence-corrected chi connectivity index (χ0v) is 10.5. The number of carbonyl (C=O) groups excluding carboxylic acids is 1. The van der Waals surface area contributed by atoms with Crippen LogP contribution in [0.1, 0.15) is 37.6 Å². The first-order valence-corrected chi connectivity index (χ1v) is 6.53. The standard InChI is InChI=1S/C12H18N2OS/c1-8(10-4-3-7-16-10)14-11(15)12(2,13)9-5-6-9/h3-4,7-9H,5-6,13H2,1-2H3,(H,14,15). The van der Waals surface area contributed by atoms with Crippen LogP contribution in [-0.2, 0) is 4.79 Å². The highest BCUT2D eigenvalue weighted by Gasteiger charge is 2.44. The van der Waals surface area contributed by atoms with Gasteiger partial charge in [-0.05, 0) is 44.1 Å². The summed E-state index contributed by atoms with van der Waals surface area (Å²) in [5.41, 5.74) is 5.36. The maximum atomic E-state index is 12.0. The van der Waals surface area contributed by atoms with Crippen LogP contribution < -0.4 is 11.1 Å². The van der Waals surface area contributed by atoms with E-state index in [4.69, 9.17) is 5.73 Å². The van der Waals surface area contributed by atoms with Crippen LogP contribution in [0, 0.1) is 5.92 Å². The lowest BCUT2D eigenvalue weighted by molar-refractivity contribution is -0.127. The van der Waals surface area contributed by atoms with E-state index in [-0.39, 0.29) is 11.9 Å². The van der Waals surface area contributed by atoms with Gasteiger partial charge in [-0.2, -0.15) is 0 Å². The maximum absolute atomic E-state index is 12.0. The summed E-state index contributed by atoms with van der Waals surface area (Å²) in [6.45, 7) is 3.83. The first kappa shape index (κ1) is 11.6. The van der Waals surface area contributed by atoms with Gasteiger partial charge in [-0.25, -0.2) is 0 Å². The monoisotopic (exact) mass is 238 g/mol. The fraction of sp³-hybridized carbons (Fsp3) is 0.583. The highest BCUT2D eigenvalue weighted by molar-refractivity contribution is 7.10. The quantitative estimate of drug-likeness (QED) is 0.843. The molecule has 0 spiro atoms. The number of nitrogens with two attached hydrogens (primary N) is 1. The summed E-state index contributed by atoms with van der Waals surface area (Å²) in [7, 11) is 0. The Labute approximate surface area is 100 Å². The number of hydrogen-bond donors (Lipinski definition) is 2. The average Bonchev–Trinajstić information content (AvgIpc) is 2.95. The number of amides is 1. The van der Waals surface area contributed by atoms with Crippen molar-refractivity contribution in [3.63, 3.8) is 0 Å². The summed E-state index contributed by atoms with van der Waals surface area (Å²) in [4.78, 5) is 13.2. The van der Waals surface area contributed by atoms with Crippen molar-refractivity contribution >= 4 is 17.2 Å². The topological polar surface area (TPSA) is 55.1 Å². The van der Waals surface area contributed by atoms with Crippen LogP contribution in [-0.4, -0.2) is 11.4 Å². The Kier molecular flexibility index (Phi) is 3.04. The van der Waals surface area contributed by atoms with Gasteiger partial charge in [0.15, 0.2) is 0 Å². The molecule has 0 aromatic carbocycles. The number of thiophene rings is 1. The van der Waals surface area contributed by atoms with Crippen molar-refractivity contribution in [2.45, 2.75) is 38.3 Å². The Balaban J connectivity index is 1.97. The maximum Gasteiger partial charge on any atom is 0.240 e. The summed E-state index contributed by atoms with van der Waals surface area (Å²) in [6, 6.07) is 4.07. The van der Waals surface area contributed by atoms with Gasteiger partial charge in [0.1, 0.15) is 0 Å². The molecule has 1 amide bonds. The molecule has 1 fully saturated rings. The summed E-state index contributed by atoms with van der Waals surface area (Å²) in [5, 5.41) is 5.00. The van der Waals surface area contributed by atoms with E-state index in [1.165, 1.54) is 4.88 Å². The molecule has 2 atom stereocenters. The van der Waals surface area contributed by atoms with Crippen molar-refractivity contribution in [2.24, 2.45) is 11.7 Å². The van der Waals surface area contributed by atoms with Crippen LogP contribution >= 0.6 is 11.3 Å². The fourth-order valence-electron chi connectivity index (χ4n) is 1.83. The molecular weight excluding hydrogens is 220 g/mol. The van der Waals surface area contributed by atoms with E-state index in [2.05, 4.69) is 5.32 Å². The van der Waals surface area contributed by atoms with Crippen LogP contribution in [0.3, 0.4) is 0 Å². The van der Waals surface area contributed by atoms with Crippen LogP contribution in [0.2, 0.25) is 0 Å². The molecule has 1 aromatic rings. The molecule has 0 aliphatic heterocycles. The Bertz CT molecular complexity index is 368. The predicted molar refractivity (Wildman–Crippen MR) is 66.2 cm³/mol. The predicted octanol–water partition coefficient (Wildman–Crippen LogP) is 2.05. The smallest absolute Gasteiger partial charge is 0.240 e. The SMILES string of the molecule is CC(NC(=O)C(C)(N)C1CC1)c1cccs1. The summed E-state index contributed by atoms with van der Waals surface area (Å²) in [6.07, 6.45) is 2.15. The third-order valence-corrected chi connectivity index (χ3v) is 4.29. The molecule has 2 unspecified atom stereocenters. The Hall–Kier alpha value is -0.870. The van der Waals surface area contributed by atoms with Gasteiger partial charge in [0.05, 0.1) is 11.6 Å². The van der Waals surface area contributed by atoms with Crippen LogP contribution in [0.4, 0.5) is 0 Å². The van der Waals surface area contributed by atoms with Crippen molar-refractivity contribution in [3.05, 3.63) is 22.4 Å². The lowest BCUT2D eigenvalue weighted by atomic mass is 9.96. The van der Waals surface area contributed by atoms with Crippen molar-refractivity contribution in [1.82, 2.24) is 5.32 Å². The molecular formula is C12H18N2OS. The lowest BCUT2D eigenvalue weighted by Gasteiger charge is -2.25. The molecule has 3 N–H and O–H groups in total. The van der Waals surface area contributed by atoms with Gasteiger partial charge in [0.2, 0.25) is 5.91 Å². The first-order valence-electron chi connectivity index (χ1n) is 5.65. The van der Waals surface area contributed by atoms with E-state index >= 15 is 0 Å². The molecule has 1 aromatic heterocycles. The van der Waals surface area contributed by atoms with Gasteiger partial charge in [0, 0.05) is 4.88 Å². The second-order valence-electron chi connectivity index (χ2n) is 4.77. The number of carbonyl (C=O) groups is 1. The van der Waals surface area contributed by atoms with Gasteiger partial charge in [0.25, 0.3) is 0 Å². The van der Waals surface area contributed by atoms with E-state index in [1.54, 1.807) is 11.3 Å². The van der Waals surface area contributed by atoms with E-state index < -0.39 is 5.54 Å². The van der Waals surface area contributed by atoms with Crippen molar-refractivity contribution in [3.8, 4) is 0 Å². The fourth-order valence-corrected chi connectivity index (χ4v) is 2.56. The van der Waals surface area contributed by atoms with E-state index in [0.717, 1.165) is 12.8 Å². The zero-order chi connectivity index (χ0) is 11.8. The third kappa shape index (κ3) is 2.28. The van der Waals surface area contributed by atoms with Crippen molar-refractivity contribution in [2.75, 3.05) is 0 Å². The molecule has 3 nitrogen and oxygen atoms in total. The Morgan fingerprint density at radius 2 is 2.38 bits per heavy atom. The molecule has 1 aliphatic carbocycles.